The molecule has 0 saturated heterocycles. The van der Waals surface area contributed by atoms with Crippen LogP contribution in [0, 0.1) is 18.3 Å². The summed E-state index contributed by atoms with van der Waals surface area (Å²) >= 11 is 0. The lowest BCUT2D eigenvalue weighted by molar-refractivity contribution is -0.119. The highest BCUT2D eigenvalue weighted by Crippen LogP contribution is 2.29. The topological polar surface area (TPSA) is 105 Å². The fraction of sp³-hybridized carbons (Fsp3) is 0.269. The summed E-state index contributed by atoms with van der Waals surface area (Å²) in [5, 5.41) is 13.9. The number of nitriles is 1. The second-order valence-electron chi connectivity index (χ2n) is 8.34. The average molecular weight is 454 g/mol. The molecule has 34 heavy (non-hydrogen) atoms. The van der Waals surface area contributed by atoms with Crippen LogP contribution in [-0.4, -0.2) is 27.2 Å². The van der Waals surface area contributed by atoms with E-state index in [1.165, 1.54) is 4.68 Å². The van der Waals surface area contributed by atoms with Crippen molar-refractivity contribution in [2.24, 2.45) is 0 Å². The van der Waals surface area contributed by atoms with Crippen molar-refractivity contribution in [2.75, 3.05) is 11.4 Å². The molecule has 0 unspecified atom stereocenters. The highest BCUT2D eigenvalue weighted by Gasteiger charge is 2.25. The zero-order valence-corrected chi connectivity index (χ0v) is 19.0. The van der Waals surface area contributed by atoms with E-state index < -0.39 is 0 Å². The summed E-state index contributed by atoms with van der Waals surface area (Å²) in [5.74, 6) is 0.311. The SMILES string of the molecule is CCN(C(=O)Cn1nc(-c2cccc(C#N)c2)c2c(c1=O)CCC2)c1ccc2nc(C)oc2c1. The molecule has 2 heterocycles. The molecule has 4 aromatic rings. The highest BCUT2D eigenvalue weighted by atomic mass is 16.3. The van der Waals surface area contributed by atoms with Gasteiger partial charge in [0.25, 0.3) is 5.56 Å². The Balaban J connectivity index is 1.52. The number of carbonyl (C=O) groups excluding carboxylic acids is 1. The predicted octanol–water partition coefficient (Wildman–Crippen LogP) is 3.77. The lowest BCUT2D eigenvalue weighted by atomic mass is 10.0. The van der Waals surface area contributed by atoms with Gasteiger partial charge in [0.05, 0.1) is 17.3 Å². The summed E-state index contributed by atoms with van der Waals surface area (Å²) in [6.07, 6.45) is 2.29. The van der Waals surface area contributed by atoms with Crippen molar-refractivity contribution in [2.45, 2.75) is 39.7 Å². The van der Waals surface area contributed by atoms with Crippen LogP contribution < -0.4 is 10.5 Å². The number of fused-ring (bicyclic) bond motifs is 2. The van der Waals surface area contributed by atoms with Crippen molar-refractivity contribution in [3.8, 4) is 17.3 Å². The summed E-state index contributed by atoms with van der Waals surface area (Å²) in [6, 6.07) is 14.8. The number of oxazole rings is 1. The molecule has 1 amide bonds. The lowest BCUT2D eigenvalue weighted by Gasteiger charge is -2.21. The molecular formula is C26H23N5O3. The van der Waals surface area contributed by atoms with Gasteiger partial charge in [0.1, 0.15) is 12.1 Å². The van der Waals surface area contributed by atoms with E-state index in [0.29, 0.717) is 46.9 Å². The first-order chi connectivity index (χ1) is 16.5. The lowest BCUT2D eigenvalue weighted by Crippen LogP contribution is -2.38. The first-order valence-electron chi connectivity index (χ1n) is 11.3. The van der Waals surface area contributed by atoms with E-state index >= 15 is 0 Å². The van der Waals surface area contributed by atoms with Crippen LogP contribution in [-0.2, 0) is 24.2 Å². The number of aromatic nitrogens is 3. The van der Waals surface area contributed by atoms with Crippen molar-refractivity contribution >= 4 is 22.7 Å². The minimum Gasteiger partial charge on any atom is -0.441 e. The summed E-state index contributed by atoms with van der Waals surface area (Å²) in [5.41, 5.74) is 5.37. The molecule has 1 aliphatic carbocycles. The minimum absolute atomic E-state index is 0.182. The van der Waals surface area contributed by atoms with Crippen molar-refractivity contribution in [1.82, 2.24) is 14.8 Å². The number of anilines is 1. The van der Waals surface area contributed by atoms with Crippen LogP contribution in [0.3, 0.4) is 0 Å². The van der Waals surface area contributed by atoms with Crippen LogP contribution in [0.5, 0.6) is 0 Å². The Labute approximate surface area is 196 Å². The van der Waals surface area contributed by atoms with Crippen LogP contribution >= 0.6 is 0 Å². The first-order valence-corrected chi connectivity index (χ1v) is 11.3. The number of hydrogen-bond acceptors (Lipinski definition) is 6. The number of rotatable bonds is 5. The zero-order chi connectivity index (χ0) is 23.8. The summed E-state index contributed by atoms with van der Waals surface area (Å²) in [4.78, 5) is 32.4. The van der Waals surface area contributed by atoms with E-state index in [1.54, 1.807) is 36.1 Å². The Morgan fingerprint density at radius 2 is 2.03 bits per heavy atom. The van der Waals surface area contributed by atoms with E-state index in [9.17, 15) is 14.9 Å². The third-order valence-electron chi connectivity index (χ3n) is 6.18. The van der Waals surface area contributed by atoms with Crippen LogP contribution in [0.4, 0.5) is 5.69 Å². The van der Waals surface area contributed by atoms with Gasteiger partial charge in [0.15, 0.2) is 11.5 Å². The number of benzene rings is 2. The number of carbonyl (C=O) groups is 1. The molecule has 0 bridgehead atoms. The van der Waals surface area contributed by atoms with Crippen LogP contribution in [0.1, 0.15) is 35.9 Å². The van der Waals surface area contributed by atoms with Gasteiger partial charge in [-0.3, -0.25) is 9.59 Å². The van der Waals surface area contributed by atoms with Crippen LogP contribution in [0.2, 0.25) is 0 Å². The van der Waals surface area contributed by atoms with E-state index in [0.717, 1.165) is 29.5 Å². The molecule has 0 saturated carbocycles. The Morgan fingerprint density at radius 3 is 2.82 bits per heavy atom. The molecule has 8 nitrogen and oxygen atoms in total. The number of likely N-dealkylation sites (N-methyl/N-ethyl adjacent to an activating group) is 1. The maximum Gasteiger partial charge on any atom is 0.270 e. The fourth-order valence-corrected chi connectivity index (χ4v) is 4.61. The van der Waals surface area contributed by atoms with Crippen molar-refractivity contribution in [1.29, 1.82) is 5.26 Å². The van der Waals surface area contributed by atoms with Gasteiger partial charge in [-0.2, -0.15) is 10.4 Å². The average Bonchev–Trinajstić information content (AvgIpc) is 3.47. The third kappa shape index (κ3) is 3.75. The minimum atomic E-state index is -0.248. The zero-order valence-electron chi connectivity index (χ0n) is 19.0. The maximum absolute atomic E-state index is 13.3. The number of amides is 1. The van der Waals surface area contributed by atoms with E-state index in [2.05, 4.69) is 16.2 Å². The van der Waals surface area contributed by atoms with E-state index in [1.807, 2.05) is 25.1 Å². The quantitative estimate of drug-likeness (QED) is 0.455. The van der Waals surface area contributed by atoms with Gasteiger partial charge in [-0.15, -0.1) is 0 Å². The van der Waals surface area contributed by atoms with Gasteiger partial charge in [0.2, 0.25) is 5.91 Å². The molecule has 0 N–H and O–H groups in total. The molecule has 5 rings (SSSR count). The Hall–Kier alpha value is -4.25. The Bertz CT molecular complexity index is 1530. The number of aryl methyl sites for hydroxylation is 1. The number of nitrogens with zero attached hydrogens (tertiary/aromatic N) is 5. The monoisotopic (exact) mass is 453 g/mol. The second-order valence-corrected chi connectivity index (χ2v) is 8.34. The molecule has 0 aliphatic heterocycles. The molecule has 2 aromatic carbocycles. The molecule has 8 heteroatoms. The molecule has 0 radical (unpaired) electrons. The van der Waals surface area contributed by atoms with Gasteiger partial charge in [-0.1, -0.05) is 12.1 Å². The van der Waals surface area contributed by atoms with Gasteiger partial charge in [0, 0.05) is 36.3 Å². The smallest absolute Gasteiger partial charge is 0.270 e. The third-order valence-corrected chi connectivity index (χ3v) is 6.18. The molecule has 0 fully saturated rings. The van der Waals surface area contributed by atoms with E-state index in [4.69, 9.17) is 4.42 Å². The molecule has 0 spiro atoms. The predicted molar refractivity (Wildman–Crippen MR) is 127 cm³/mol. The summed E-state index contributed by atoms with van der Waals surface area (Å²) < 4.78 is 6.88. The van der Waals surface area contributed by atoms with Gasteiger partial charge in [-0.05, 0) is 56.0 Å². The van der Waals surface area contributed by atoms with Gasteiger partial charge in [-0.25, -0.2) is 9.67 Å². The largest absolute Gasteiger partial charge is 0.441 e. The highest BCUT2D eigenvalue weighted by molar-refractivity contribution is 5.95. The first kappa shape index (κ1) is 21.6. The van der Waals surface area contributed by atoms with Crippen LogP contribution in [0.15, 0.2) is 51.7 Å². The van der Waals surface area contributed by atoms with Crippen molar-refractivity contribution < 1.29 is 9.21 Å². The van der Waals surface area contributed by atoms with Crippen molar-refractivity contribution in [3.63, 3.8) is 0 Å². The molecule has 0 atom stereocenters. The van der Waals surface area contributed by atoms with E-state index in [-0.39, 0.29) is 18.0 Å². The molecule has 2 aromatic heterocycles. The normalized spacial score (nSPS) is 12.5. The van der Waals surface area contributed by atoms with Gasteiger partial charge >= 0.3 is 0 Å². The summed E-state index contributed by atoms with van der Waals surface area (Å²) in [6.45, 7) is 3.90. The fourth-order valence-electron chi connectivity index (χ4n) is 4.61. The van der Waals surface area contributed by atoms with Gasteiger partial charge < -0.3 is 9.32 Å². The Kier molecular flexibility index (Phi) is 5.46. The molecule has 170 valence electrons. The molecule has 1 aliphatic rings. The maximum atomic E-state index is 13.3. The number of hydrogen-bond donors (Lipinski definition) is 0. The second kappa shape index (κ2) is 8.60. The van der Waals surface area contributed by atoms with Crippen LogP contribution in [0.25, 0.3) is 22.4 Å². The Morgan fingerprint density at radius 1 is 1.21 bits per heavy atom. The van der Waals surface area contributed by atoms with Crippen molar-refractivity contribution in [3.05, 3.63) is 75.4 Å². The standard InChI is InChI=1S/C26H23N5O3/c1-3-30(19-10-11-22-23(13-19)34-16(2)28-22)24(32)15-31-26(33)21-9-5-8-20(21)25(29-31)18-7-4-6-17(12-18)14-27/h4,6-7,10-13H,3,5,8-9,15H2,1-2H3. The molecular weight excluding hydrogens is 430 g/mol. The summed E-state index contributed by atoms with van der Waals surface area (Å²) in [7, 11) is 0.